The summed E-state index contributed by atoms with van der Waals surface area (Å²) < 4.78 is 17.9. The number of ether oxygens (including phenoxy) is 3. The number of amidine groups is 1. The molecule has 0 radical (unpaired) electrons. The molecule has 0 aliphatic carbocycles. The Labute approximate surface area is 226 Å². The topological polar surface area (TPSA) is 82.4 Å². The van der Waals surface area contributed by atoms with Crippen molar-refractivity contribution in [3.63, 3.8) is 0 Å². The van der Waals surface area contributed by atoms with Crippen molar-refractivity contribution in [2.24, 2.45) is 4.99 Å². The molecule has 1 aliphatic rings. The molecule has 1 amide bonds. The number of hydrogen-bond acceptors (Lipinski definition) is 7. The lowest BCUT2D eigenvalue weighted by Gasteiger charge is -2.18. The molecular weight excluding hydrogens is 502 g/mol. The second-order valence-electron chi connectivity index (χ2n) is 8.68. The third kappa shape index (κ3) is 5.84. The van der Waals surface area contributed by atoms with Crippen LogP contribution in [-0.2, 0) is 16.1 Å². The molecule has 0 saturated heterocycles. The van der Waals surface area contributed by atoms with Crippen molar-refractivity contribution in [2.75, 3.05) is 38.6 Å². The largest absolute Gasteiger partial charge is 0.497 e. The van der Waals surface area contributed by atoms with Gasteiger partial charge in [-0.1, -0.05) is 30.0 Å². The molecule has 2 aromatic carbocycles. The van der Waals surface area contributed by atoms with Crippen molar-refractivity contribution < 1.29 is 23.8 Å². The molecule has 4 rings (SSSR count). The lowest BCUT2D eigenvalue weighted by molar-refractivity contribution is -0.113. The Morgan fingerprint density at radius 3 is 2.42 bits per heavy atom. The number of nitrogens with zero attached hydrogens (tertiary/aromatic N) is 3. The minimum atomic E-state index is -0.276. The SMILES string of the molecule is COCCn1c(C)cc(C(=O)CSC2=NC(=Cc3ccc(OC)cc3)C(=O)N2c2cccc(OC)c2)c1C. The lowest BCUT2D eigenvalue weighted by Crippen LogP contribution is -2.30. The number of ketones is 1. The van der Waals surface area contributed by atoms with Gasteiger partial charge in [-0.05, 0) is 55.8 Å². The van der Waals surface area contributed by atoms with Crippen LogP contribution in [0, 0.1) is 13.8 Å². The summed E-state index contributed by atoms with van der Waals surface area (Å²) in [5.41, 5.74) is 4.28. The van der Waals surface area contributed by atoms with Crippen LogP contribution in [0.1, 0.15) is 27.3 Å². The summed E-state index contributed by atoms with van der Waals surface area (Å²) >= 11 is 1.24. The first kappa shape index (κ1) is 27.2. The number of amides is 1. The number of benzene rings is 2. The number of aliphatic imine (C=N–C) groups is 1. The number of anilines is 1. The lowest BCUT2D eigenvalue weighted by atomic mass is 10.2. The third-order valence-electron chi connectivity index (χ3n) is 6.29. The van der Waals surface area contributed by atoms with Gasteiger partial charge in [0.1, 0.15) is 17.2 Å². The van der Waals surface area contributed by atoms with Gasteiger partial charge in [0.05, 0.1) is 32.3 Å². The average Bonchev–Trinajstić information content (AvgIpc) is 3.40. The molecule has 1 aliphatic heterocycles. The van der Waals surface area contributed by atoms with Crippen LogP contribution in [0.15, 0.2) is 65.3 Å². The van der Waals surface area contributed by atoms with E-state index in [0.29, 0.717) is 35.3 Å². The maximum atomic E-state index is 13.5. The number of thioether (sulfide) groups is 1. The van der Waals surface area contributed by atoms with E-state index < -0.39 is 0 Å². The molecule has 9 heteroatoms. The fraction of sp³-hybridized carbons (Fsp3) is 0.276. The van der Waals surface area contributed by atoms with Crippen LogP contribution in [0.2, 0.25) is 0 Å². The molecule has 2 heterocycles. The molecule has 3 aromatic rings. The van der Waals surface area contributed by atoms with Gasteiger partial charge in [0, 0.05) is 36.7 Å². The fourth-order valence-corrected chi connectivity index (χ4v) is 5.14. The minimum absolute atomic E-state index is 0.0277. The van der Waals surface area contributed by atoms with Gasteiger partial charge in [0.2, 0.25) is 0 Å². The number of methoxy groups -OCH3 is 3. The monoisotopic (exact) mass is 533 g/mol. The van der Waals surface area contributed by atoms with E-state index in [1.165, 1.54) is 16.7 Å². The summed E-state index contributed by atoms with van der Waals surface area (Å²) in [4.78, 5) is 32.9. The molecule has 38 heavy (non-hydrogen) atoms. The zero-order chi connectivity index (χ0) is 27.2. The van der Waals surface area contributed by atoms with Gasteiger partial charge in [-0.25, -0.2) is 4.99 Å². The summed E-state index contributed by atoms with van der Waals surface area (Å²) in [7, 11) is 4.84. The maximum absolute atomic E-state index is 13.5. The molecule has 0 fully saturated rings. The van der Waals surface area contributed by atoms with Crippen LogP contribution < -0.4 is 14.4 Å². The number of aryl methyl sites for hydroxylation is 1. The molecule has 0 atom stereocenters. The summed E-state index contributed by atoms with van der Waals surface area (Å²) in [5, 5.41) is 0.435. The number of carbonyl (C=O) groups is 2. The van der Waals surface area contributed by atoms with Crippen LogP contribution in [0.5, 0.6) is 11.5 Å². The Kier molecular flexibility index (Phi) is 8.70. The smallest absolute Gasteiger partial charge is 0.283 e. The van der Waals surface area contributed by atoms with Gasteiger partial charge in [-0.3, -0.25) is 14.5 Å². The Bertz CT molecular complexity index is 1390. The summed E-state index contributed by atoms with van der Waals surface area (Å²) in [5.74, 6) is 1.17. The first-order valence-electron chi connectivity index (χ1n) is 12.1. The molecule has 0 N–H and O–H groups in total. The first-order chi connectivity index (χ1) is 18.4. The van der Waals surface area contributed by atoms with Crippen LogP contribution in [0.4, 0.5) is 5.69 Å². The Morgan fingerprint density at radius 1 is 1.00 bits per heavy atom. The Hall–Kier alpha value is -3.82. The molecule has 8 nitrogen and oxygen atoms in total. The molecule has 0 unspecified atom stereocenters. The van der Waals surface area contributed by atoms with E-state index in [2.05, 4.69) is 9.56 Å². The summed E-state index contributed by atoms with van der Waals surface area (Å²) in [6, 6.07) is 16.5. The van der Waals surface area contributed by atoms with E-state index in [1.807, 2.05) is 62.4 Å². The normalized spacial score (nSPS) is 14.2. The Morgan fingerprint density at radius 2 is 1.74 bits per heavy atom. The highest BCUT2D eigenvalue weighted by Crippen LogP contribution is 2.32. The van der Waals surface area contributed by atoms with Gasteiger partial charge in [-0.2, -0.15) is 0 Å². The third-order valence-corrected chi connectivity index (χ3v) is 7.22. The highest BCUT2D eigenvalue weighted by Gasteiger charge is 2.33. The van der Waals surface area contributed by atoms with Crippen molar-refractivity contribution in [2.45, 2.75) is 20.4 Å². The number of carbonyl (C=O) groups excluding carboxylic acids is 2. The van der Waals surface area contributed by atoms with Gasteiger partial charge in [0.25, 0.3) is 5.91 Å². The highest BCUT2D eigenvalue weighted by molar-refractivity contribution is 8.14. The average molecular weight is 534 g/mol. The number of Topliss-reactive ketones (excluding diaryl/α,β-unsaturated/α-hetero) is 1. The van der Waals surface area contributed by atoms with Crippen LogP contribution in [0.25, 0.3) is 6.08 Å². The molecule has 1 aromatic heterocycles. The van der Waals surface area contributed by atoms with Crippen molar-refractivity contribution >= 4 is 40.4 Å². The van der Waals surface area contributed by atoms with E-state index in [1.54, 1.807) is 33.5 Å². The van der Waals surface area contributed by atoms with Crippen molar-refractivity contribution in [3.8, 4) is 11.5 Å². The number of rotatable bonds is 10. The van der Waals surface area contributed by atoms with Gasteiger partial charge >= 0.3 is 0 Å². The zero-order valence-corrected chi connectivity index (χ0v) is 23.0. The molecule has 0 spiro atoms. The Balaban J connectivity index is 1.62. The van der Waals surface area contributed by atoms with Gasteiger partial charge in [-0.15, -0.1) is 0 Å². The minimum Gasteiger partial charge on any atom is -0.497 e. The van der Waals surface area contributed by atoms with Crippen molar-refractivity contribution in [1.82, 2.24) is 4.57 Å². The number of hydrogen-bond donors (Lipinski definition) is 0. The van der Waals surface area contributed by atoms with Gasteiger partial charge < -0.3 is 18.8 Å². The van der Waals surface area contributed by atoms with Crippen LogP contribution in [0.3, 0.4) is 0 Å². The molecule has 0 saturated carbocycles. The predicted octanol–water partition coefficient (Wildman–Crippen LogP) is 5.13. The van der Waals surface area contributed by atoms with Crippen molar-refractivity contribution in [1.29, 1.82) is 0 Å². The highest BCUT2D eigenvalue weighted by atomic mass is 32.2. The van der Waals surface area contributed by atoms with Gasteiger partial charge in [0.15, 0.2) is 11.0 Å². The molecule has 0 bridgehead atoms. The fourth-order valence-electron chi connectivity index (χ4n) is 4.25. The maximum Gasteiger partial charge on any atom is 0.283 e. The van der Waals surface area contributed by atoms with E-state index in [9.17, 15) is 9.59 Å². The predicted molar refractivity (Wildman–Crippen MR) is 151 cm³/mol. The zero-order valence-electron chi connectivity index (χ0n) is 22.2. The van der Waals surface area contributed by atoms with Crippen molar-refractivity contribution in [3.05, 3.63) is 82.8 Å². The second-order valence-corrected chi connectivity index (χ2v) is 9.62. The quantitative estimate of drug-likeness (QED) is 0.266. The van der Waals surface area contributed by atoms with E-state index in [4.69, 9.17) is 14.2 Å². The summed E-state index contributed by atoms with van der Waals surface area (Å²) in [6.45, 7) is 5.16. The second kappa shape index (κ2) is 12.1. The van der Waals surface area contributed by atoms with Crippen LogP contribution >= 0.6 is 11.8 Å². The number of aromatic nitrogens is 1. The first-order valence-corrected chi connectivity index (χ1v) is 13.1. The van der Waals surface area contributed by atoms with E-state index in [0.717, 1.165) is 22.7 Å². The standard InChI is InChI=1S/C29H31N3O5S/c1-19-15-25(20(2)31(19)13-14-35-3)27(33)18-38-29-30-26(16-21-9-11-23(36-4)12-10-21)28(34)32(29)22-7-6-8-24(17-22)37-5/h6-12,15-17H,13-14,18H2,1-5H3. The molecular formula is C29H31N3O5S. The van der Waals surface area contributed by atoms with Crippen LogP contribution in [-0.4, -0.2) is 55.1 Å². The molecule has 198 valence electrons. The van der Waals surface area contributed by atoms with E-state index >= 15 is 0 Å². The van der Waals surface area contributed by atoms with E-state index in [-0.39, 0.29) is 23.1 Å². The summed E-state index contributed by atoms with van der Waals surface area (Å²) in [6.07, 6.45) is 1.73.